The van der Waals surface area contributed by atoms with Gasteiger partial charge >= 0.3 is 11.9 Å². The van der Waals surface area contributed by atoms with Gasteiger partial charge in [0.2, 0.25) is 0 Å². The van der Waals surface area contributed by atoms with E-state index in [9.17, 15) is 29.7 Å². The van der Waals surface area contributed by atoms with Crippen molar-refractivity contribution < 1.29 is 34.4 Å². The number of aliphatic hydroxyl groups is 2. The number of hydrogen-bond donors (Lipinski definition) is 3. The van der Waals surface area contributed by atoms with E-state index in [0.717, 1.165) is 44.1 Å². The van der Waals surface area contributed by atoms with E-state index in [1.54, 1.807) is 0 Å². The molecule has 0 saturated heterocycles. The second-order valence-corrected chi connectivity index (χ2v) is 16.4. The fraction of sp³-hybridized carbons (Fsp3) is 0.595. The number of unbranched alkanes of at least 4 members (excludes halogenated alkanes) is 1. The number of ether oxygens (including phenoxy) is 1. The van der Waals surface area contributed by atoms with Gasteiger partial charge in [-0.3, -0.25) is 9.59 Å². The molecule has 0 heterocycles. The molecule has 3 N–H and O–H groups in total. The minimum atomic E-state index is -0.979. The van der Waals surface area contributed by atoms with E-state index in [1.807, 2.05) is 54.6 Å². The van der Waals surface area contributed by atoms with E-state index in [1.165, 1.54) is 6.92 Å². The van der Waals surface area contributed by atoms with Gasteiger partial charge in [-0.05, 0) is 115 Å². The van der Waals surface area contributed by atoms with Crippen LogP contribution in [0.1, 0.15) is 114 Å². The molecule has 4 aliphatic carbocycles. The SMILES string of the molecule is CC(=O)O[C@H]1C[C@@]2(C)[C@@H](C[C@@H](O)[C@H]3[C@@]4(C)CC[C@@H](O)[C@@H](C)C4CC[C@@]32C)/C1=C(\CCCCc1ccc(C(=O)c2ccccc2)cc1)C(=O)O. The number of aryl methyl sites for hydroxylation is 1. The zero-order valence-corrected chi connectivity index (χ0v) is 29.8. The second kappa shape index (κ2) is 13.4. The molecule has 4 saturated carbocycles. The van der Waals surface area contributed by atoms with Crippen molar-refractivity contribution in [2.45, 2.75) is 117 Å². The topological polar surface area (TPSA) is 121 Å². The molecule has 264 valence electrons. The van der Waals surface area contributed by atoms with Crippen molar-refractivity contribution in [1.82, 2.24) is 0 Å². The summed E-state index contributed by atoms with van der Waals surface area (Å²) in [4.78, 5) is 38.3. The third kappa shape index (κ3) is 6.09. The largest absolute Gasteiger partial charge is 0.478 e. The van der Waals surface area contributed by atoms with Crippen LogP contribution in [0, 0.1) is 39.9 Å². The maximum absolute atomic E-state index is 13.0. The Kier molecular flexibility index (Phi) is 9.75. The van der Waals surface area contributed by atoms with Crippen LogP contribution in [0.4, 0.5) is 0 Å². The molecule has 0 radical (unpaired) electrons. The third-order valence-electron chi connectivity index (χ3n) is 14.0. The minimum Gasteiger partial charge on any atom is -0.478 e. The molecule has 4 fully saturated rings. The van der Waals surface area contributed by atoms with Crippen LogP contribution in [0.2, 0.25) is 0 Å². The molecule has 7 heteroatoms. The summed E-state index contributed by atoms with van der Waals surface area (Å²) in [7, 11) is 0. The number of aliphatic carboxylic acids is 1. The molecule has 0 spiro atoms. The molecule has 7 nitrogen and oxygen atoms in total. The van der Waals surface area contributed by atoms with Crippen molar-refractivity contribution in [3.63, 3.8) is 0 Å². The van der Waals surface area contributed by atoms with Crippen LogP contribution in [0.25, 0.3) is 0 Å². The summed E-state index contributed by atoms with van der Waals surface area (Å²) < 4.78 is 5.97. The van der Waals surface area contributed by atoms with Gasteiger partial charge in [-0.1, -0.05) is 82.3 Å². The highest BCUT2D eigenvalue weighted by molar-refractivity contribution is 6.08. The van der Waals surface area contributed by atoms with Crippen LogP contribution in [-0.2, 0) is 20.7 Å². The number of carbonyl (C=O) groups excluding carboxylic acids is 2. The summed E-state index contributed by atoms with van der Waals surface area (Å²) in [5.41, 5.74) is 2.62. The first-order valence-corrected chi connectivity index (χ1v) is 18.4. The molecule has 6 rings (SSSR count). The van der Waals surface area contributed by atoms with Crippen molar-refractivity contribution in [3.8, 4) is 0 Å². The number of benzene rings is 2. The Bertz CT molecular complexity index is 1600. The van der Waals surface area contributed by atoms with Crippen molar-refractivity contribution in [1.29, 1.82) is 0 Å². The summed E-state index contributed by atoms with van der Waals surface area (Å²) in [6.07, 6.45) is 5.40. The summed E-state index contributed by atoms with van der Waals surface area (Å²) in [5, 5.41) is 33.5. The number of aliphatic hydroxyl groups excluding tert-OH is 2. The maximum atomic E-state index is 13.0. The first kappa shape index (κ1) is 35.5. The number of hydrogen-bond acceptors (Lipinski definition) is 6. The fourth-order valence-corrected chi connectivity index (χ4v) is 11.5. The minimum absolute atomic E-state index is 0.00920. The quantitative estimate of drug-likeness (QED) is 0.109. The molecule has 49 heavy (non-hydrogen) atoms. The summed E-state index contributed by atoms with van der Waals surface area (Å²) in [5.74, 6) is -1.12. The summed E-state index contributed by atoms with van der Waals surface area (Å²) in [6.45, 7) is 10.4. The van der Waals surface area contributed by atoms with Crippen LogP contribution < -0.4 is 0 Å². The highest BCUT2D eigenvalue weighted by Gasteiger charge is 2.70. The fourth-order valence-electron chi connectivity index (χ4n) is 11.5. The number of rotatable bonds is 9. The smallest absolute Gasteiger partial charge is 0.331 e. The number of fused-ring (bicyclic) bond motifs is 5. The molecule has 0 aliphatic heterocycles. The number of carboxylic acids is 1. The van der Waals surface area contributed by atoms with Crippen LogP contribution in [-0.4, -0.2) is 51.4 Å². The first-order chi connectivity index (χ1) is 23.2. The molecule has 1 unspecified atom stereocenters. The van der Waals surface area contributed by atoms with Gasteiger partial charge in [-0.25, -0.2) is 4.79 Å². The Labute approximate surface area is 291 Å². The van der Waals surface area contributed by atoms with Crippen LogP contribution in [0.5, 0.6) is 0 Å². The second-order valence-electron chi connectivity index (χ2n) is 16.4. The molecule has 2 aromatic carbocycles. The third-order valence-corrected chi connectivity index (χ3v) is 14.0. The van der Waals surface area contributed by atoms with Gasteiger partial charge in [0, 0.05) is 23.6 Å². The van der Waals surface area contributed by atoms with Gasteiger partial charge < -0.3 is 20.1 Å². The molecule has 0 aromatic heterocycles. The van der Waals surface area contributed by atoms with Crippen LogP contribution in [0.15, 0.2) is 65.7 Å². The number of ketones is 1. The van der Waals surface area contributed by atoms with E-state index < -0.39 is 24.1 Å². The Hall–Kier alpha value is -3.29. The average Bonchev–Trinajstić information content (AvgIpc) is 3.34. The lowest BCUT2D eigenvalue weighted by Crippen LogP contribution is -2.65. The van der Waals surface area contributed by atoms with Gasteiger partial charge in [0.15, 0.2) is 5.78 Å². The van der Waals surface area contributed by atoms with E-state index >= 15 is 0 Å². The molecule has 0 amide bonds. The molecule has 2 aromatic rings. The van der Waals surface area contributed by atoms with Crippen molar-refractivity contribution in [2.24, 2.45) is 39.9 Å². The lowest BCUT2D eigenvalue weighted by atomic mass is 9.36. The van der Waals surface area contributed by atoms with Crippen LogP contribution >= 0.6 is 0 Å². The summed E-state index contributed by atoms with van der Waals surface area (Å²) >= 11 is 0. The van der Waals surface area contributed by atoms with Crippen molar-refractivity contribution in [3.05, 3.63) is 82.4 Å². The van der Waals surface area contributed by atoms with Gasteiger partial charge in [0.25, 0.3) is 0 Å². The Morgan fingerprint density at radius 1 is 0.857 bits per heavy atom. The molecular weight excluding hydrogens is 616 g/mol. The van der Waals surface area contributed by atoms with Crippen LogP contribution in [0.3, 0.4) is 0 Å². The van der Waals surface area contributed by atoms with Crippen molar-refractivity contribution in [2.75, 3.05) is 0 Å². The lowest BCUT2D eigenvalue weighted by molar-refractivity contribution is -0.234. The van der Waals surface area contributed by atoms with E-state index in [0.29, 0.717) is 53.9 Å². The molecule has 0 bridgehead atoms. The Morgan fingerprint density at radius 2 is 1.53 bits per heavy atom. The normalized spacial score (nSPS) is 37.7. The van der Waals surface area contributed by atoms with E-state index in [-0.39, 0.29) is 45.9 Å². The highest BCUT2D eigenvalue weighted by Crippen LogP contribution is 2.74. The average molecular weight is 671 g/mol. The van der Waals surface area contributed by atoms with Gasteiger partial charge in [-0.15, -0.1) is 0 Å². The predicted molar refractivity (Wildman–Crippen MR) is 188 cm³/mol. The van der Waals surface area contributed by atoms with Gasteiger partial charge in [-0.2, -0.15) is 0 Å². The zero-order chi connectivity index (χ0) is 35.3. The maximum Gasteiger partial charge on any atom is 0.331 e. The zero-order valence-electron chi connectivity index (χ0n) is 29.8. The van der Waals surface area contributed by atoms with E-state index in [2.05, 4.69) is 27.7 Å². The monoisotopic (exact) mass is 670 g/mol. The number of esters is 1. The molecular formula is C42H54O7. The van der Waals surface area contributed by atoms with Crippen molar-refractivity contribution >= 4 is 17.7 Å². The summed E-state index contributed by atoms with van der Waals surface area (Å²) in [6, 6.07) is 16.8. The molecule has 10 atom stereocenters. The lowest BCUT2D eigenvalue weighted by Gasteiger charge is -2.69. The highest BCUT2D eigenvalue weighted by atomic mass is 16.5. The number of carbonyl (C=O) groups is 3. The number of carboxylic acid groups (broad SMARTS) is 1. The predicted octanol–water partition coefficient (Wildman–Crippen LogP) is 7.56. The van der Waals surface area contributed by atoms with Gasteiger partial charge in [0.1, 0.15) is 6.10 Å². The Balaban J connectivity index is 1.23. The molecule has 4 aliphatic rings. The Morgan fingerprint density at radius 3 is 2.18 bits per heavy atom. The standard InChI is InChI=1S/C42H54O7/c1-25-31-19-22-41(4)38(40(31,3)21-20-33(25)44)34(45)23-32-36(35(49-26(2)43)24-42(32,41)5)30(39(47)48)14-10-9-11-27-15-17-29(18-16-27)37(46)28-12-7-6-8-13-28/h6-8,12-13,15-18,25,31-35,38,44-45H,9-11,14,19-24H2,1-5H3,(H,47,48)/b36-30-/t25-,31?,32-,33+,34+,35-,38-,40-,41-,42-/m0/s1. The van der Waals surface area contributed by atoms with Gasteiger partial charge in [0.05, 0.1) is 12.2 Å². The van der Waals surface area contributed by atoms with E-state index in [4.69, 9.17) is 4.74 Å². The first-order valence-electron chi connectivity index (χ1n) is 18.4.